The first-order valence-corrected chi connectivity index (χ1v) is 8.58. The van der Waals surface area contributed by atoms with E-state index in [9.17, 15) is 9.59 Å². The molecule has 2 fully saturated rings. The minimum Gasteiger partial charge on any atom is -0.351 e. The second kappa shape index (κ2) is 9.04. The molecule has 2 aliphatic rings. The Morgan fingerprint density at radius 1 is 1.21 bits per heavy atom. The number of rotatable bonds is 5. The van der Waals surface area contributed by atoms with Crippen LogP contribution in [-0.4, -0.2) is 37.5 Å². The lowest BCUT2D eigenvalue weighted by atomic mass is 9.93. The Bertz CT molecular complexity index is 546. The molecule has 2 aliphatic heterocycles. The molecule has 2 N–H and O–H groups in total. The van der Waals surface area contributed by atoms with E-state index in [0.717, 1.165) is 38.0 Å². The Balaban J connectivity index is 0.00000208. The van der Waals surface area contributed by atoms with Crippen LogP contribution in [0.4, 0.5) is 5.69 Å². The summed E-state index contributed by atoms with van der Waals surface area (Å²) in [4.78, 5) is 26.0. The van der Waals surface area contributed by atoms with Crippen molar-refractivity contribution in [3.63, 3.8) is 0 Å². The maximum absolute atomic E-state index is 12.1. The number of para-hydroxylation sites is 1. The lowest BCUT2D eigenvalue weighted by Gasteiger charge is -2.22. The molecule has 24 heavy (non-hydrogen) atoms. The topological polar surface area (TPSA) is 61.4 Å². The molecule has 2 amide bonds. The van der Waals surface area contributed by atoms with Crippen LogP contribution in [0.2, 0.25) is 0 Å². The van der Waals surface area contributed by atoms with Crippen LogP contribution in [0.15, 0.2) is 30.3 Å². The molecule has 2 heterocycles. The van der Waals surface area contributed by atoms with Gasteiger partial charge in [-0.3, -0.25) is 9.59 Å². The molecule has 0 saturated carbocycles. The number of amides is 2. The molecule has 1 atom stereocenters. The molecule has 1 aromatic carbocycles. The highest BCUT2D eigenvalue weighted by molar-refractivity contribution is 5.96. The molecule has 5 nitrogen and oxygen atoms in total. The van der Waals surface area contributed by atoms with E-state index in [2.05, 4.69) is 10.6 Å². The summed E-state index contributed by atoms with van der Waals surface area (Å²) in [5, 5.41) is 6.37. The van der Waals surface area contributed by atoms with Crippen molar-refractivity contribution in [1.82, 2.24) is 10.6 Å². The zero-order valence-electron chi connectivity index (χ0n) is 13.9. The zero-order valence-corrected chi connectivity index (χ0v) is 14.7. The van der Waals surface area contributed by atoms with Crippen molar-refractivity contribution in [3.8, 4) is 0 Å². The minimum absolute atomic E-state index is 0. The SMILES string of the molecule is Cl.O=C(CCC1CCNCC1)NC1CC(=O)N(c2ccccc2)C1. The highest BCUT2D eigenvalue weighted by Gasteiger charge is 2.31. The average molecular weight is 352 g/mol. The van der Waals surface area contributed by atoms with Crippen molar-refractivity contribution in [2.75, 3.05) is 24.5 Å². The summed E-state index contributed by atoms with van der Waals surface area (Å²) in [6.07, 6.45) is 4.25. The van der Waals surface area contributed by atoms with Gasteiger partial charge in [0, 0.05) is 25.1 Å². The third-order valence-corrected chi connectivity index (χ3v) is 4.80. The van der Waals surface area contributed by atoms with Crippen LogP contribution < -0.4 is 15.5 Å². The lowest BCUT2D eigenvalue weighted by Crippen LogP contribution is -2.37. The molecular weight excluding hydrogens is 326 g/mol. The molecule has 0 aliphatic carbocycles. The van der Waals surface area contributed by atoms with Gasteiger partial charge in [-0.2, -0.15) is 0 Å². The van der Waals surface area contributed by atoms with Gasteiger partial charge in [0.15, 0.2) is 0 Å². The first-order valence-electron chi connectivity index (χ1n) is 8.58. The van der Waals surface area contributed by atoms with E-state index < -0.39 is 0 Å². The lowest BCUT2D eigenvalue weighted by molar-refractivity contribution is -0.122. The molecule has 132 valence electrons. The normalized spacial score (nSPS) is 21.4. The van der Waals surface area contributed by atoms with Crippen molar-refractivity contribution in [2.45, 2.75) is 38.1 Å². The summed E-state index contributed by atoms with van der Waals surface area (Å²) in [7, 11) is 0. The smallest absolute Gasteiger partial charge is 0.229 e. The number of hydrogen-bond donors (Lipinski definition) is 2. The maximum Gasteiger partial charge on any atom is 0.229 e. The summed E-state index contributed by atoms with van der Waals surface area (Å²) in [5.41, 5.74) is 0.906. The third-order valence-electron chi connectivity index (χ3n) is 4.80. The molecule has 6 heteroatoms. The summed E-state index contributed by atoms with van der Waals surface area (Å²) in [5.74, 6) is 0.823. The van der Waals surface area contributed by atoms with Crippen LogP contribution in [0, 0.1) is 5.92 Å². The van der Waals surface area contributed by atoms with Crippen LogP contribution in [0.5, 0.6) is 0 Å². The molecule has 3 rings (SSSR count). The highest BCUT2D eigenvalue weighted by Crippen LogP contribution is 2.21. The van der Waals surface area contributed by atoms with Gasteiger partial charge in [0.05, 0.1) is 6.04 Å². The number of nitrogens with one attached hydrogen (secondary N) is 2. The van der Waals surface area contributed by atoms with E-state index in [4.69, 9.17) is 0 Å². The van der Waals surface area contributed by atoms with Crippen LogP contribution in [-0.2, 0) is 9.59 Å². The van der Waals surface area contributed by atoms with E-state index in [1.807, 2.05) is 30.3 Å². The van der Waals surface area contributed by atoms with Gasteiger partial charge in [-0.1, -0.05) is 18.2 Å². The molecule has 1 aromatic rings. The maximum atomic E-state index is 12.1. The second-order valence-corrected chi connectivity index (χ2v) is 6.54. The Morgan fingerprint density at radius 2 is 1.92 bits per heavy atom. The average Bonchev–Trinajstić information content (AvgIpc) is 2.95. The predicted molar refractivity (Wildman–Crippen MR) is 97.4 cm³/mol. The molecular formula is C18H26ClN3O2. The van der Waals surface area contributed by atoms with Gasteiger partial charge in [0.2, 0.25) is 11.8 Å². The van der Waals surface area contributed by atoms with Crippen LogP contribution in [0.1, 0.15) is 32.1 Å². The van der Waals surface area contributed by atoms with Gasteiger partial charge in [-0.05, 0) is 50.4 Å². The van der Waals surface area contributed by atoms with Crippen molar-refractivity contribution in [1.29, 1.82) is 0 Å². The Kier molecular flexibility index (Phi) is 7.06. The van der Waals surface area contributed by atoms with E-state index >= 15 is 0 Å². The number of halogens is 1. The van der Waals surface area contributed by atoms with Crippen molar-refractivity contribution in [3.05, 3.63) is 30.3 Å². The highest BCUT2D eigenvalue weighted by atomic mass is 35.5. The number of anilines is 1. The number of piperidine rings is 1. The number of hydrogen-bond acceptors (Lipinski definition) is 3. The molecule has 0 radical (unpaired) electrons. The number of carbonyl (C=O) groups is 2. The van der Waals surface area contributed by atoms with Crippen LogP contribution in [0.25, 0.3) is 0 Å². The van der Waals surface area contributed by atoms with Gasteiger partial charge >= 0.3 is 0 Å². The Hall–Kier alpha value is -1.59. The first-order chi connectivity index (χ1) is 11.2. The standard InChI is InChI=1S/C18H25N3O2.ClH/c22-17(7-6-14-8-10-19-11-9-14)20-15-12-18(23)21(13-15)16-4-2-1-3-5-16;/h1-5,14-15,19H,6-13H2,(H,20,22);1H. The fourth-order valence-corrected chi connectivity index (χ4v) is 3.47. The Labute approximate surface area is 149 Å². The van der Waals surface area contributed by atoms with Crippen LogP contribution >= 0.6 is 12.4 Å². The first kappa shape index (κ1) is 18.7. The van der Waals surface area contributed by atoms with Crippen molar-refractivity contribution < 1.29 is 9.59 Å². The fraction of sp³-hybridized carbons (Fsp3) is 0.556. The zero-order chi connectivity index (χ0) is 16.1. The van der Waals surface area contributed by atoms with Gasteiger partial charge in [-0.25, -0.2) is 0 Å². The number of nitrogens with zero attached hydrogens (tertiary/aromatic N) is 1. The van der Waals surface area contributed by atoms with Crippen molar-refractivity contribution in [2.24, 2.45) is 5.92 Å². The second-order valence-electron chi connectivity index (χ2n) is 6.54. The summed E-state index contributed by atoms with van der Waals surface area (Å²) >= 11 is 0. The monoisotopic (exact) mass is 351 g/mol. The number of benzene rings is 1. The minimum atomic E-state index is -0.0665. The molecule has 1 unspecified atom stereocenters. The summed E-state index contributed by atoms with van der Waals surface area (Å²) in [6, 6.07) is 9.58. The van der Waals surface area contributed by atoms with Gasteiger partial charge in [0.1, 0.15) is 0 Å². The summed E-state index contributed by atoms with van der Waals surface area (Å²) < 4.78 is 0. The molecule has 0 aromatic heterocycles. The van der Waals surface area contributed by atoms with E-state index in [-0.39, 0.29) is 30.3 Å². The van der Waals surface area contributed by atoms with Gasteiger partial charge in [0.25, 0.3) is 0 Å². The quantitative estimate of drug-likeness (QED) is 0.854. The third kappa shape index (κ3) is 4.95. The van der Waals surface area contributed by atoms with E-state index in [1.54, 1.807) is 4.90 Å². The van der Waals surface area contributed by atoms with Crippen LogP contribution in [0.3, 0.4) is 0 Å². The molecule has 2 saturated heterocycles. The summed E-state index contributed by atoms with van der Waals surface area (Å²) in [6.45, 7) is 2.70. The molecule has 0 spiro atoms. The molecule has 0 bridgehead atoms. The number of carbonyl (C=O) groups excluding carboxylic acids is 2. The van der Waals surface area contributed by atoms with Crippen molar-refractivity contribution >= 4 is 29.9 Å². The fourth-order valence-electron chi connectivity index (χ4n) is 3.47. The van der Waals surface area contributed by atoms with E-state index in [0.29, 0.717) is 25.3 Å². The Morgan fingerprint density at radius 3 is 2.62 bits per heavy atom. The van der Waals surface area contributed by atoms with E-state index in [1.165, 1.54) is 0 Å². The van der Waals surface area contributed by atoms with Gasteiger partial charge in [-0.15, -0.1) is 12.4 Å². The predicted octanol–water partition coefficient (Wildman–Crippen LogP) is 2.11. The largest absolute Gasteiger partial charge is 0.351 e. The van der Waals surface area contributed by atoms with Gasteiger partial charge < -0.3 is 15.5 Å².